The van der Waals surface area contributed by atoms with Gasteiger partial charge in [-0.1, -0.05) is 0 Å². The van der Waals surface area contributed by atoms with Crippen LogP contribution >= 0.6 is 0 Å². The molecule has 0 saturated carbocycles. The molecule has 1 aliphatic rings. The maximum atomic E-state index is 12.1. The van der Waals surface area contributed by atoms with Crippen molar-refractivity contribution in [2.24, 2.45) is 5.92 Å². The zero-order chi connectivity index (χ0) is 15.4. The van der Waals surface area contributed by atoms with Crippen molar-refractivity contribution < 1.29 is 14.7 Å². The van der Waals surface area contributed by atoms with Crippen LogP contribution in [0.4, 0.5) is 10.5 Å². The summed E-state index contributed by atoms with van der Waals surface area (Å²) in [7, 11) is 3.84. The summed E-state index contributed by atoms with van der Waals surface area (Å²) in [5.74, 6) is -0.589. The lowest BCUT2D eigenvalue weighted by Gasteiger charge is -2.21. The first-order valence-electron chi connectivity index (χ1n) is 6.85. The van der Waals surface area contributed by atoms with Gasteiger partial charge in [0.1, 0.15) is 5.69 Å². The first-order valence-corrected chi connectivity index (χ1v) is 6.85. The van der Waals surface area contributed by atoms with Gasteiger partial charge in [0.05, 0.1) is 11.9 Å². The number of aromatic nitrogens is 1. The molecular weight excluding hydrogens is 272 g/mol. The summed E-state index contributed by atoms with van der Waals surface area (Å²) in [6, 6.07) is 2.68. The smallest absolute Gasteiger partial charge is 0.354 e. The van der Waals surface area contributed by atoms with Crippen LogP contribution in [0.1, 0.15) is 16.9 Å². The van der Waals surface area contributed by atoms with Gasteiger partial charge in [-0.25, -0.2) is 14.6 Å². The maximum Gasteiger partial charge on any atom is 0.354 e. The number of carbonyl (C=O) groups excluding carboxylic acids is 1. The van der Waals surface area contributed by atoms with Crippen molar-refractivity contribution in [1.82, 2.24) is 14.8 Å². The summed E-state index contributed by atoms with van der Waals surface area (Å²) < 4.78 is 0. The molecule has 0 radical (unpaired) electrons. The Balaban J connectivity index is 1.86. The van der Waals surface area contributed by atoms with E-state index in [4.69, 9.17) is 5.11 Å². The van der Waals surface area contributed by atoms with E-state index in [1.54, 1.807) is 11.9 Å². The molecule has 0 aromatic carbocycles. The summed E-state index contributed by atoms with van der Waals surface area (Å²) in [6.07, 6.45) is 2.45. The first-order chi connectivity index (χ1) is 9.95. The zero-order valence-corrected chi connectivity index (χ0v) is 12.2. The second kappa shape index (κ2) is 6.53. The molecule has 1 aliphatic heterocycles. The molecule has 21 heavy (non-hydrogen) atoms. The standard InChI is InChI=1S/C14H20N4O3/c1-17-6-5-10(8-17)9-18(2)14(21)16-11-3-4-12(13(19)20)15-7-11/h3-4,7,10H,5-6,8-9H2,1-2H3,(H,16,21)(H,19,20). The highest BCUT2D eigenvalue weighted by atomic mass is 16.4. The molecule has 1 atom stereocenters. The minimum atomic E-state index is -1.09. The summed E-state index contributed by atoms with van der Waals surface area (Å²) >= 11 is 0. The fourth-order valence-electron chi connectivity index (χ4n) is 2.46. The third-order valence-electron chi connectivity index (χ3n) is 3.60. The van der Waals surface area contributed by atoms with E-state index in [0.717, 1.165) is 19.5 Å². The Morgan fingerprint density at radius 1 is 1.52 bits per heavy atom. The van der Waals surface area contributed by atoms with E-state index in [1.807, 2.05) is 0 Å². The van der Waals surface area contributed by atoms with Gasteiger partial charge in [-0.2, -0.15) is 0 Å². The van der Waals surface area contributed by atoms with Crippen molar-refractivity contribution in [1.29, 1.82) is 0 Å². The fraction of sp³-hybridized carbons (Fsp3) is 0.500. The van der Waals surface area contributed by atoms with Crippen molar-refractivity contribution in [2.75, 3.05) is 39.0 Å². The minimum Gasteiger partial charge on any atom is -0.477 e. The molecular formula is C14H20N4O3. The average molecular weight is 292 g/mol. The molecule has 2 amide bonds. The van der Waals surface area contributed by atoms with Crippen LogP contribution in [-0.4, -0.2) is 65.6 Å². The zero-order valence-electron chi connectivity index (χ0n) is 12.2. The third kappa shape index (κ3) is 4.16. The van der Waals surface area contributed by atoms with Gasteiger partial charge in [0, 0.05) is 20.1 Å². The van der Waals surface area contributed by atoms with Gasteiger partial charge in [-0.05, 0) is 38.1 Å². The Bertz CT molecular complexity index is 517. The van der Waals surface area contributed by atoms with Gasteiger partial charge in [-0.15, -0.1) is 0 Å². The molecule has 0 spiro atoms. The van der Waals surface area contributed by atoms with E-state index in [1.165, 1.54) is 18.3 Å². The lowest BCUT2D eigenvalue weighted by atomic mass is 10.1. The van der Waals surface area contributed by atoms with Crippen LogP contribution in [-0.2, 0) is 0 Å². The molecule has 2 N–H and O–H groups in total. The van der Waals surface area contributed by atoms with Gasteiger partial charge in [0.15, 0.2) is 0 Å². The maximum absolute atomic E-state index is 12.1. The molecule has 2 heterocycles. The summed E-state index contributed by atoms with van der Waals surface area (Å²) in [4.78, 5) is 30.4. The van der Waals surface area contributed by atoms with E-state index in [9.17, 15) is 9.59 Å². The molecule has 0 bridgehead atoms. The molecule has 1 fully saturated rings. The average Bonchev–Trinajstić information content (AvgIpc) is 2.84. The Hall–Kier alpha value is -2.15. The second-order valence-corrected chi connectivity index (χ2v) is 5.46. The number of carboxylic acids is 1. The number of rotatable bonds is 4. The lowest BCUT2D eigenvalue weighted by Crippen LogP contribution is -2.36. The molecule has 0 aliphatic carbocycles. The van der Waals surface area contributed by atoms with Crippen molar-refractivity contribution in [2.45, 2.75) is 6.42 Å². The highest BCUT2D eigenvalue weighted by Crippen LogP contribution is 2.15. The molecule has 2 rings (SSSR count). The fourth-order valence-corrected chi connectivity index (χ4v) is 2.46. The van der Waals surface area contributed by atoms with Gasteiger partial charge in [-0.3, -0.25) is 0 Å². The van der Waals surface area contributed by atoms with Gasteiger partial charge in [0.2, 0.25) is 0 Å². The van der Waals surface area contributed by atoms with Crippen LogP contribution in [0.2, 0.25) is 0 Å². The monoisotopic (exact) mass is 292 g/mol. The molecule has 7 nitrogen and oxygen atoms in total. The largest absolute Gasteiger partial charge is 0.477 e. The van der Waals surface area contributed by atoms with E-state index in [0.29, 0.717) is 18.2 Å². The van der Waals surface area contributed by atoms with Crippen LogP contribution < -0.4 is 5.32 Å². The Morgan fingerprint density at radius 2 is 2.29 bits per heavy atom. The van der Waals surface area contributed by atoms with E-state index in [-0.39, 0.29) is 11.7 Å². The Kier molecular flexibility index (Phi) is 4.74. The number of carboxylic acid groups (broad SMARTS) is 1. The number of hydrogen-bond acceptors (Lipinski definition) is 4. The molecule has 7 heteroatoms. The molecule has 114 valence electrons. The number of pyridine rings is 1. The SMILES string of the molecule is CN1CCC(CN(C)C(=O)Nc2ccc(C(=O)O)nc2)C1. The van der Waals surface area contributed by atoms with Gasteiger partial charge < -0.3 is 20.2 Å². The minimum absolute atomic E-state index is 0.0460. The lowest BCUT2D eigenvalue weighted by molar-refractivity contribution is 0.0690. The van der Waals surface area contributed by atoms with Gasteiger partial charge in [0.25, 0.3) is 0 Å². The normalized spacial score (nSPS) is 18.5. The predicted molar refractivity (Wildman–Crippen MR) is 78.4 cm³/mol. The van der Waals surface area contributed by atoms with Crippen LogP contribution in [0, 0.1) is 5.92 Å². The van der Waals surface area contributed by atoms with Crippen molar-refractivity contribution in [3.8, 4) is 0 Å². The number of hydrogen-bond donors (Lipinski definition) is 2. The van der Waals surface area contributed by atoms with E-state index in [2.05, 4.69) is 22.2 Å². The highest BCUT2D eigenvalue weighted by molar-refractivity contribution is 5.90. The van der Waals surface area contributed by atoms with Crippen LogP contribution in [0.15, 0.2) is 18.3 Å². The molecule has 1 aromatic heterocycles. The van der Waals surface area contributed by atoms with E-state index < -0.39 is 5.97 Å². The van der Waals surface area contributed by atoms with E-state index >= 15 is 0 Å². The van der Waals surface area contributed by atoms with Gasteiger partial charge >= 0.3 is 12.0 Å². The van der Waals surface area contributed by atoms with Crippen molar-refractivity contribution in [3.05, 3.63) is 24.0 Å². The topological polar surface area (TPSA) is 85.8 Å². The Morgan fingerprint density at radius 3 is 2.81 bits per heavy atom. The number of carbonyl (C=O) groups is 2. The third-order valence-corrected chi connectivity index (χ3v) is 3.60. The summed E-state index contributed by atoms with van der Waals surface area (Å²) in [5.41, 5.74) is 0.440. The number of nitrogens with one attached hydrogen (secondary N) is 1. The van der Waals surface area contributed by atoms with Crippen LogP contribution in [0.3, 0.4) is 0 Å². The van der Waals surface area contributed by atoms with Crippen LogP contribution in [0.25, 0.3) is 0 Å². The molecule has 1 aromatic rings. The van der Waals surface area contributed by atoms with Crippen molar-refractivity contribution >= 4 is 17.7 Å². The summed E-state index contributed by atoms with van der Waals surface area (Å²) in [6.45, 7) is 2.78. The summed E-state index contributed by atoms with van der Waals surface area (Å²) in [5, 5.41) is 11.5. The number of likely N-dealkylation sites (tertiary alicyclic amines) is 1. The van der Waals surface area contributed by atoms with Crippen LogP contribution in [0.5, 0.6) is 0 Å². The second-order valence-electron chi connectivity index (χ2n) is 5.46. The predicted octanol–water partition coefficient (Wildman–Crippen LogP) is 1.20. The highest BCUT2D eigenvalue weighted by Gasteiger charge is 2.22. The number of anilines is 1. The molecule has 1 saturated heterocycles. The Labute approximate surface area is 123 Å². The number of amides is 2. The first kappa shape index (κ1) is 15.2. The van der Waals surface area contributed by atoms with Crippen molar-refractivity contribution in [3.63, 3.8) is 0 Å². The number of nitrogens with zero attached hydrogens (tertiary/aromatic N) is 3. The number of aromatic carboxylic acids is 1. The quantitative estimate of drug-likeness (QED) is 0.870. The molecule has 1 unspecified atom stereocenters. The number of urea groups is 1.